The Hall–Kier alpha value is -2.37. The molecule has 0 bridgehead atoms. The highest BCUT2D eigenvalue weighted by Crippen LogP contribution is 2.25. The quantitative estimate of drug-likeness (QED) is 0.710. The summed E-state index contributed by atoms with van der Waals surface area (Å²) in [6.07, 6.45) is 3.18. The molecule has 2 aliphatic rings. The number of hydrogen-bond acceptors (Lipinski definition) is 4. The summed E-state index contributed by atoms with van der Waals surface area (Å²) in [4.78, 5) is 17.2. The standard InChI is InChI=1S/C24H30N2O3/c27-24(29-19-21-11-5-2-6-12-21)26-17-23(28-18-20-9-3-1-4-10-20)15-22(26)16-25-13-7-8-14-25/h1-6,9-12,22-23H,7-8,13-19H2/t22-,23-/m1/s1. The molecule has 2 heterocycles. The summed E-state index contributed by atoms with van der Waals surface area (Å²) in [5.41, 5.74) is 2.17. The Morgan fingerprint density at radius 2 is 1.52 bits per heavy atom. The van der Waals surface area contributed by atoms with Gasteiger partial charge in [-0.3, -0.25) is 0 Å². The first-order valence-corrected chi connectivity index (χ1v) is 10.6. The molecule has 0 N–H and O–H groups in total. The molecule has 0 unspecified atom stereocenters. The molecule has 2 atom stereocenters. The van der Waals surface area contributed by atoms with Crippen LogP contribution in [0, 0.1) is 0 Å². The van der Waals surface area contributed by atoms with Crippen molar-refractivity contribution in [1.29, 1.82) is 0 Å². The van der Waals surface area contributed by atoms with E-state index in [2.05, 4.69) is 17.0 Å². The van der Waals surface area contributed by atoms with Gasteiger partial charge in [0.15, 0.2) is 0 Å². The van der Waals surface area contributed by atoms with Crippen molar-refractivity contribution in [3.8, 4) is 0 Å². The Balaban J connectivity index is 1.35. The van der Waals surface area contributed by atoms with Crippen LogP contribution in [0.3, 0.4) is 0 Å². The molecular weight excluding hydrogens is 364 g/mol. The highest BCUT2D eigenvalue weighted by Gasteiger charge is 2.38. The van der Waals surface area contributed by atoms with Gasteiger partial charge in [-0.05, 0) is 43.5 Å². The summed E-state index contributed by atoms with van der Waals surface area (Å²) in [5, 5.41) is 0. The molecule has 2 aromatic carbocycles. The molecule has 0 aliphatic carbocycles. The molecule has 154 valence electrons. The lowest BCUT2D eigenvalue weighted by molar-refractivity contribution is 0.0431. The second-order valence-corrected chi connectivity index (χ2v) is 8.01. The fraction of sp³-hybridized carbons (Fsp3) is 0.458. The first-order valence-electron chi connectivity index (χ1n) is 10.6. The summed E-state index contributed by atoms with van der Waals surface area (Å²) in [6, 6.07) is 20.2. The number of amides is 1. The van der Waals surface area contributed by atoms with Gasteiger partial charge in [-0.2, -0.15) is 0 Å². The normalized spacial score (nSPS) is 22.1. The van der Waals surface area contributed by atoms with Crippen molar-refractivity contribution in [2.75, 3.05) is 26.2 Å². The maximum atomic E-state index is 12.9. The van der Waals surface area contributed by atoms with Crippen molar-refractivity contribution in [3.63, 3.8) is 0 Å². The van der Waals surface area contributed by atoms with E-state index in [0.29, 0.717) is 19.8 Å². The zero-order valence-corrected chi connectivity index (χ0v) is 16.9. The molecule has 0 aromatic heterocycles. The lowest BCUT2D eigenvalue weighted by atomic mass is 10.2. The highest BCUT2D eigenvalue weighted by atomic mass is 16.6. The van der Waals surface area contributed by atoms with Crippen LogP contribution in [0.4, 0.5) is 4.79 Å². The predicted octanol–water partition coefficient (Wildman–Crippen LogP) is 4.08. The third-order valence-corrected chi connectivity index (χ3v) is 5.81. The third kappa shape index (κ3) is 5.58. The molecule has 29 heavy (non-hydrogen) atoms. The van der Waals surface area contributed by atoms with Crippen molar-refractivity contribution in [2.45, 2.75) is 44.6 Å². The Labute approximate surface area is 173 Å². The number of rotatable bonds is 7. The molecule has 2 aromatic rings. The molecule has 2 aliphatic heterocycles. The zero-order valence-electron chi connectivity index (χ0n) is 16.9. The minimum absolute atomic E-state index is 0.0482. The second-order valence-electron chi connectivity index (χ2n) is 8.01. The van der Waals surface area contributed by atoms with Gasteiger partial charge in [0.25, 0.3) is 0 Å². The van der Waals surface area contributed by atoms with E-state index in [1.807, 2.05) is 53.4 Å². The topological polar surface area (TPSA) is 42.0 Å². The molecule has 2 fully saturated rings. The van der Waals surface area contributed by atoms with E-state index in [9.17, 15) is 4.79 Å². The number of likely N-dealkylation sites (tertiary alicyclic amines) is 2. The Morgan fingerprint density at radius 3 is 2.17 bits per heavy atom. The first-order chi connectivity index (χ1) is 14.3. The van der Waals surface area contributed by atoms with Crippen LogP contribution in [0.5, 0.6) is 0 Å². The molecular formula is C24H30N2O3. The number of hydrogen-bond donors (Lipinski definition) is 0. The number of carbonyl (C=O) groups excluding carboxylic acids is 1. The number of carbonyl (C=O) groups is 1. The summed E-state index contributed by atoms with van der Waals surface area (Å²) >= 11 is 0. The summed E-state index contributed by atoms with van der Waals surface area (Å²) in [7, 11) is 0. The third-order valence-electron chi connectivity index (χ3n) is 5.81. The SMILES string of the molecule is O=C(OCc1ccccc1)N1C[C@H](OCc2ccccc2)C[C@@H]1CN1CCCC1. The van der Waals surface area contributed by atoms with Crippen LogP contribution in [0.2, 0.25) is 0 Å². The Bertz CT molecular complexity index is 762. The van der Waals surface area contributed by atoms with Crippen LogP contribution in [0.15, 0.2) is 60.7 Å². The number of benzene rings is 2. The summed E-state index contributed by atoms with van der Waals surface area (Å²) in [5.74, 6) is 0. The predicted molar refractivity (Wildman–Crippen MR) is 112 cm³/mol. The van der Waals surface area contributed by atoms with E-state index in [1.54, 1.807) is 0 Å². The Morgan fingerprint density at radius 1 is 0.897 bits per heavy atom. The van der Waals surface area contributed by atoms with Gasteiger partial charge in [0.2, 0.25) is 0 Å². The van der Waals surface area contributed by atoms with E-state index >= 15 is 0 Å². The molecule has 0 radical (unpaired) electrons. The van der Waals surface area contributed by atoms with E-state index in [1.165, 1.54) is 12.8 Å². The van der Waals surface area contributed by atoms with E-state index < -0.39 is 0 Å². The van der Waals surface area contributed by atoms with Gasteiger partial charge in [-0.1, -0.05) is 60.7 Å². The lowest BCUT2D eigenvalue weighted by Gasteiger charge is -2.27. The Kier molecular flexibility index (Phi) is 6.80. The van der Waals surface area contributed by atoms with Gasteiger partial charge < -0.3 is 19.3 Å². The molecule has 5 heteroatoms. The number of ether oxygens (including phenoxy) is 2. The average Bonchev–Trinajstić information content (AvgIpc) is 3.42. The van der Waals surface area contributed by atoms with Crippen molar-refractivity contribution < 1.29 is 14.3 Å². The van der Waals surface area contributed by atoms with Crippen molar-refractivity contribution in [2.24, 2.45) is 0 Å². The van der Waals surface area contributed by atoms with Crippen LogP contribution in [0.25, 0.3) is 0 Å². The number of nitrogens with zero attached hydrogens (tertiary/aromatic N) is 2. The van der Waals surface area contributed by atoms with Crippen LogP contribution >= 0.6 is 0 Å². The summed E-state index contributed by atoms with van der Waals surface area (Å²) < 4.78 is 11.8. The van der Waals surface area contributed by atoms with Gasteiger partial charge in [-0.15, -0.1) is 0 Å². The van der Waals surface area contributed by atoms with Crippen LogP contribution in [-0.4, -0.2) is 54.2 Å². The fourth-order valence-corrected chi connectivity index (χ4v) is 4.24. The maximum absolute atomic E-state index is 12.9. The molecule has 2 saturated heterocycles. The molecule has 0 spiro atoms. The van der Waals surface area contributed by atoms with Crippen LogP contribution < -0.4 is 0 Å². The van der Waals surface area contributed by atoms with Crippen LogP contribution in [-0.2, 0) is 22.7 Å². The van der Waals surface area contributed by atoms with Crippen molar-refractivity contribution >= 4 is 6.09 Å². The molecule has 0 saturated carbocycles. The minimum atomic E-state index is -0.233. The smallest absolute Gasteiger partial charge is 0.410 e. The zero-order chi connectivity index (χ0) is 19.9. The van der Waals surface area contributed by atoms with Gasteiger partial charge in [-0.25, -0.2) is 4.79 Å². The van der Waals surface area contributed by atoms with Crippen LogP contribution in [0.1, 0.15) is 30.4 Å². The maximum Gasteiger partial charge on any atom is 0.410 e. The highest BCUT2D eigenvalue weighted by molar-refractivity contribution is 5.68. The van der Waals surface area contributed by atoms with Crippen molar-refractivity contribution in [1.82, 2.24) is 9.80 Å². The summed E-state index contributed by atoms with van der Waals surface area (Å²) in [6.45, 7) is 4.64. The monoisotopic (exact) mass is 394 g/mol. The average molecular weight is 395 g/mol. The molecule has 5 nitrogen and oxygen atoms in total. The first kappa shape index (κ1) is 19.9. The largest absolute Gasteiger partial charge is 0.445 e. The minimum Gasteiger partial charge on any atom is -0.445 e. The fourth-order valence-electron chi connectivity index (χ4n) is 4.24. The lowest BCUT2D eigenvalue weighted by Crippen LogP contribution is -2.42. The molecule has 4 rings (SSSR count). The van der Waals surface area contributed by atoms with Gasteiger partial charge in [0, 0.05) is 6.54 Å². The van der Waals surface area contributed by atoms with E-state index in [4.69, 9.17) is 9.47 Å². The van der Waals surface area contributed by atoms with Gasteiger partial charge in [0.05, 0.1) is 25.3 Å². The second kappa shape index (κ2) is 9.90. The molecule has 1 amide bonds. The van der Waals surface area contributed by atoms with Gasteiger partial charge in [0.1, 0.15) is 6.61 Å². The van der Waals surface area contributed by atoms with Crippen molar-refractivity contribution in [3.05, 3.63) is 71.8 Å². The van der Waals surface area contributed by atoms with Gasteiger partial charge >= 0.3 is 6.09 Å². The van der Waals surface area contributed by atoms with E-state index in [-0.39, 0.29) is 18.2 Å². The van der Waals surface area contributed by atoms with E-state index in [0.717, 1.165) is 37.2 Å².